The number of benzene rings is 2. The van der Waals surface area contributed by atoms with Gasteiger partial charge in [-0.25, -0.2) is 0 Å². The minimum Gasteiger partial charge on any atom is -0.449 e. The van der Waals surface area contributed by atoms with E-state index in [0.29, 0.717) is 29.8 Å². The van der Waals surface area contributed by atoms with Gasteiger partial charge in [-0.1, -0.05) is 55.0 Å². The number of fused-ring (bicyclic) bond motifs is 3. The molecule has 3 atom stereocenters. The van der Waals surface area contributed by atoms with Gasteiger partial charge in [0.15, 0.2) is 6.10 Å². The highest BCUT2D eigenvalue weighted by atomic mass is 16.5. The van der Waals surface area contributed by atoms with E-state index in [-0.39, 0.29) is 29.5 Å². The number of para-hydroxylation sites is 1. The molecule has 2 bridgehead atoms. The van der Waals surface area contributed by atoms with Gasteiger partial charge >= 0.3 is 5.97 Å². The largest absolute Gasteiger partial charge is 0.449 e. The number of Topliss-reactive ketones (excluding diaryl/α,β-unsaturated/α-hetero) is 2. The Morgan fingerprint density at radius 2 is 1.61 bits per heavy atom. The van der Waals surface area contributed by atoms with E-state index in [1.165, 1.54) is 0 Å². The number of hydrogen-bond donors (Lipinski definition) is 1. The second kappa shape index (κ2) is 8.14. The molecule has 2 fully saturated rings. The molecule has 158 valence electrons. The van der Waals surface area contributed by atoms with Gasteiger partial charge in [0, 0.05) is 40.1 Å². The number of nitrogens with one attached hydrogen (secondary N) is 1. The summed E-state index contributed by atoms with van der Waals surface area (Å²) in [6.07, 6.45) is 4.51. The molecule has 1 heterocycles. The molecule has 1 aromatic heterocycles. The minimum absolute atomic E-state index is 0.0375. The molecule has 31 heavy (non-hydrogen) atoms. The van der Waals surface area contributed by atoms with Gasteiger partial charge in [0.05, 0.1) is 5.92 Å². The lowest BCUT2D eigenvalue weighted by molar-refractivity contribution is -0.156. The van der Waals surface area contributed by atoms with Crippen LogP contribution in [0.25, 0.3) is 10.9 Å². The van der Waals surface area contributed by atoms with Crippen molar-refractivity contribution in [3.05, 3.63) is 71.9 Å². The van der Waals surface area contributed by atoms with Crippen LogP contribution in [0.15, 0.2) is 60.8 Å². The monoisotopic (exact) mass is 415 g/mol. The number of esters is 1. The maximum absolute atomic E-state index is 13.5. The first-order valence-corrected chi connectivity index (χ1v) is 11.0. The molecule has 1 N–H and O–H groups in total. The third-order valence-electron chi connectivity index (χ3n) is 6.81. The first kappa shape index (κ1) is 19.7. The normalized spacial score (nSPS) is 24.0. The van der Waals surface area contributed by atoms with Crippen molar-refractivity contribution >= 4 is 28.4 Å². The highest BCUT2D eigenvalue weighted by Gasteiger charge is 2.43. The fourth-order valence-electron chi connectivity index (χ4n) is 5.20. The molecule has 0 unspecified atom stereocenters. The molecule has 2 saturated carbocycles. The van der Waals surface area contributed by atoms with Crippen LogP contribution in [0.3, 0.4) is 0 Å². The summed E-state index contributed by atoms with van der Waals surface area (Å²) in [5.41, 5.74) is 2.02. The van der Waals surface area contributed by atoms with Crippen molar-refractivity contribution in [1.29, 1.82) is 0 Å². The highest BCUT2D eigenvalue weighted by molar-refractivity contribution is 6.10. The molecule has 5 heteroatoms. The number of rotatable bonds is 5. The third kappa shape index (κ3) is 3.69. The molecule has 0 aliphatic heterocycles. The van der Waals surface area contributed by atoms with Crippen molar-refractivity contribution in [3.63, 3.8) is 0 Å². The van der Waals surface area contributed by atoms with Gasteiger partial charge in [-0.3, -0.25) is 14.4 Å². The average Bonchev–Trinajstić information content (AvgIpc) is 3.21. The molecule has 0 amide bonds. The average molecular weight is 415 g/mol. The molecular formula is C26H25NO4. The first-order valence-electron chi connectivity index (χ1n) is 11.0. The predicted molar refractivity (Wildman–Crippen MR) is 116 cm³/mol. The Kier molecular flexibility index (Phi) is 5.18. The van der Waals surface area contributed by atoms with E-state index in [1.807, 2.05) is 54.6 Å². The second-order valence-electron chi connectivity index (χ2n) is 8.74. The number of aromatic amines is 1. The van der Waals surface area contributed by atoms with Crippen LogP contribution in [0.1, 0.15) is 54.1 Å². The SMILES string of the molecule is O=C(O[C@@H](C(=O)c1c[nH]c2ccccc12)c1ccccc1)C1C[C@@H]2CCC[C@@H](C1)C2=O. The van der Waals surface area contributed by atoms with Crippen LogP contribution in [-0.4, -0.2) is 22.5 Å². The van der Waals surface area contributed by atoms with Gasteiger partial charge < -0.3 is 9.72 Å². The Bertz CT molecular complexity index is 1120. The Balaban J connectivity index is 1.43. The Labute approximate surface area is 180 Å². The van der Waals surface area contributed by atoms with Crippen molar-refractivity contribution in [2.45, 2.75) is 38.2 Å². The lowest BCUT2D eigenvalue weighted by Gasteiger charge is -2.36. The topological polar surface area (TPSA) is 76.2 Å². The number of aromatic nitrogens is 1. The van der Waals surface area contributed by atoms with E-state index in [1.54, 1.807) is 6.20 Å². The third-order valence-corrected chi connectivity index (χ3v) is 6.81. The molecule has 0 spiro atoms. The van der Waals surface area contributed by atoms with Gasteiger partial charge in [0.1, 0.15) is 5.78 Å². The molecular weight excluding hydrogens is 390 g/mol. The van der Waals surface area contributed by atoms with Gasteiger partial charge in [0.25, 0.3) is 0 Å². The smallest absolute Gasteiger partial charge is 0.310 e. The lowest BCUT2D eigenvalue weighted by atomic mass is 9.67. The molecule has 5 nitrogen and oxygen atoms in total. The number of carbonyl (C=O) groups excluding carboxylic acids is 3. The quantitative estimate of drug-likeness (QED) is 0.468. The van der Waals surface area contributed by atoms with Crippen LogP contribution in [0.5, 0.6) is 0 Å². The Morgan fingerprint density at radius 1 is 0.935 bits per heavy atom. The summed E-state index contributed by atoms with van der Waals surface area (Å²) in [7, 11) is 0. The summed E-state index contributed by atoms with van der Waals surface area (Å²) < 4.78 is 5.90. The van der Waals surface area contributed by atoms with E-state index < -0.39 is 6.10 Å². The number of ether oxygens (including phenoxy) is 1. The van der Waals surface area contributed by atoms with Crippen LogP contribution in [0.4, 0.5) is 0 Å². The summed E-state index contributed by atoms with van der Waals surface area (Å²) in [6.45, 7) is 0. The van der Waals surface area contributed by atoms with Crippen LogP contribution >= 0.6 is 0 Å². The lowest BCUT2D eigenvalue weighted by Crippen LogP contribution is -2.40. The van der Waals surface area contributed by atoms with Crippen molar-refractivity contribution in [2.75, 3.05) is 0 Å². The number of ketones is 2. The molecule has 2 aliphatic carbocycles. The van der Waals surface area contributed by atoms with Gasteiger partial charge in [-0.2, -0.15) is 0 Å². The maximum Gasteiger partial charge on any atom is 0.310 e. The second-order valence-corrected chi connectivity index (χ2v) is 8.74. The van der Waals surface area contributed by atoms with Crippen molar-refractivity contribution in [3.8, 4) is 0 Å². The first-order chi connectivity index (χ1) is 15.1. The molecule has 0 saturated heterocycles. The highest BCUT2D eigenvalue weighted by Crippen LogP contribution is 2.41. The van der Waals surface area contributed by atoms with E-state index in [9.17, 15) is 14.4 Å². The maximum atomic E-state index is 13.5. The van der Waals surface area contributed by atoms with E-state index in [4.69, 9.17) is 4.74 Å². The van der Waals surface area contributed by atoms with Crippen molar-refractivity contribution in [1.82, 2.24) is 4.98 Å². The Hall–Kier alpha value is -3.21. The van der Waals surface area contributed by atoms with Gasteiger partial charge in [0.2, 0.25) is 5.78 Å². The van der Waals surface area contributed by atoms with E-state index in [0.717, 1.165) is 30.2 Å². The zero-order valence-corrected chi connectivity index (χ0v) is 17.3. The Morgan fingerprint density at radius 3 is 2.35 bits per heavy atom. The molecule has 3 aromatic rings. The summed E-state index contributed by atoms with van der Waals surface area (Å²) >= 11 is 0. The zero-order chi connectivity index (χ0) is 21.4. The number of hydrogen-bond acceptors (Lipinski definition) is 4. The summed E-state index contributed by atoms with van der Waals surface area (Å²) in [4.78, 5) is 42.2. The number of carbonyl (C=O) groups is 3. The molecule has 5 rings (SSSR count). The molecule has 2 aliphatic rings. The fourth-order valence-corrected chi connectivity index (χ4v) is 5.20. The molecule has 2 aromatic carbocycles. The predicted octanol–water partition coefficient (Wildman–Crippen LogP) is 5.03. The van der Waals surface area contributed by atoms with Crippen molar-refractivity contribution in [2.24, 2.45) is 17.8 Å². The van der Waals surface area contributed by atoms with Gasteiger partial charge in [-0.05, 0) is 31.7 Å². The standard InChI is InChI=1S/C26H25NO4/c28-23-17-9-6-10-18(23)14-19(13-17)26(30)31-25(16-7-2-1-3-8-16)24(29)21-15-27-22-12-5-4-11-20(21)22/h1-5,7-8,11-12,15,17-19,25,27H,6,9-10,13-14H2/t17-,18-,25+/m0/s1. The van der Waals surface area contributed by atoms with Gasteiger partial charge in [-0.15, -0.1) is 0 Å². The van der Waals surface area contributed by atoms with Crippen LogP contribution < -0.4 is 0 Å². The van der Waals surface area contributed by atoms with Crippen molar-refractivity contribution < 1.29 is 19.1 Å². The fraction of sp³-hybridized carbons (Fsp3) is 0.346. The van der Waals surface area contributed by atoms with E-state index in [2.05, 4.69) is 4.98 Å². The van der Waals surface area contributed by atoms with Crippen LogP contribution in [0.2, 0.25) is 0 Å². The summed E-state index contributed by atoms with van der Waals surface area (Å²) in [5, 5.41) is 0.808. The minimum atomic E-state index is -1.01. The number of H-pyrrole nitrogens is 1. The summed E-state index contributed by atoms with van der Waals surface area (Å²) in [5.74, 6) is -0.704. The van der Waals surface area contributed by atoms with Crippen LogP contribution in [-0.2, 0) is 14.3 Å². The zero-order valence-electron chi connectivity index (χ0n) is 17.3. The summed E-state index contributed by atoms with van der Waals surface area (Å²) in [6, 6.07) is 16.7. The van der Waals surface area contributed by atoms with Crippen LogP contribution in [0, 0.1) is 17.8 Å². The van der Waals surface area contributed by atoms with E-state index >= 15 is 0 Å². The molecule has 0 radical (unpaired) electrons.